The number of carbonyl (C=O) groups is 1. The summed E-state index contributed by atoms with van der Waals surface area (Å²) < 4.78 is 10.8. The van der Waals surface area contributed by atoms with Gasteiger partial charge in [-0.15, -0.1) is 0 Å². The third-order valence-corrected chi connectivity index (χ3v) is 2.56. The highest BCUT2D eigenvalue weighted by Gasteiger charge is 2.06. The fourth-order valence-corrected chi connectivity index (χ4v) is 1.66. The lowest BCUT2D eigenvalue weighted by Gasteiger charge is -2.06. The number of ether oxygens (including phenoxy) is 1. The van der Waals surface area contributed by atoms with E-state index in [0.29, 0.717) is 22.0 Å². The Morgan fingerprint density at radius 2 is 2.11 bits per heavy atom. The zero-order chi connectivity index (χ0) is 13.0. The molecule has 6 heteroatoms. The van der Waals surface area contributed by atoms with Gasteiger partial charge in [-0.05, 0) is 34.1 Å². The highest BCUT2D eigenvalue weighted by Crippen LogP contribution is 2.19. The van der Waals surface area contributed by atoms with E-state index in [-0.39, 0.29) is 6.03 Å². The fraction of sp³-hybridized carbons (Fsp3) is 0.0833. The van der Waals surface area contributed by atoms with E-state index < -0.39 is 0 Å². The molecule has 2 rings (SSSR count). The molecule has 0 spiro atoms. The first-order chi connectivity index (χ1) is 8.67. The number of hydrogen-bond donors (Lipinski definition) is 2. The first-order valence-corrected chi connectivity index (χ1v) is 5.94. The average Bonchev–Trinajstić information content (AvgIpc) is 2.74. The Balaban J connectivity index is 1.98. The maximum atomic E-state index is 11.7. The molecule has 94 valence electrons. The van der Waals surface area contributed by atoms with Gasteiger partial charge in [-0.1, -0.05) is 6.07 Å². The van der Waals surface area contributed by atoms with Crippen molar-refractivity contribution < 1.29 is 13.9 Å². The van der Waals surface area contributed by atoms with Gasteiger partial charge in [0.25, 0.3) is 0 Å². The van der Waals surface area contributed by atoms with Crippen molar-refractivity contribution in [3.05, 3.63) is 41.1 Å². The summed E-state index contributed by atoms with van der Waals surface area (Å²) >= 11 is 3.15. The molecule has 0 aliphatic carbocycles. The van der Waals surface area contributed by atoms with Crippen molar-refractivity contribution >= 4 is 33.5 Å². The number of urea groups is 1. The first kappa shape index (κ1) is 12.5. The second-order valence-electron chi connectivity index (χ2n) is 3.41. The van der Waals surface area contributed by atoms with Crippen LogP contribution in [0.15, 0.2) is 45.5 Å². The average molecular weight is 311 g/mol. The molecule has 0 aliphatic rings. The smallest absolute Gasteiger partial charge is 0.326 e. The van der Waals surface area contributed by atoms with Crippen molar-refractivity contribution in [3.8, 4) is 5.75 Å². The molecule has 18 heavy (non-hydrogen) atoms. The van der Waals surface area contributed by atoms with E-state index in [4.69, 9.17) is 9.15 Å². The number of methoxy groups -OCH3 is 1. The van der Waals surface area contributed by atoms with Crippen LogP contribution in [0.3, 0.4) is 0 Å². The summed E-state index contributed by atoms with van der Waals surface area (Å²) in [6.07, 6.45) is 0. The summed E-state index contributed by atoms with van der Waals surface area (Å²) in [6, 6.07) is 10.0. The van der Waals surface area contributed by atoms with Gasteiger partial charge in [0.15, 0.2) is 4.67 Å². The van der Waals surface area contributed by atoms with Gasteiger partial charge < -0.3 is 14.5 Å². The van der Waals surface area contributed by atoms with Crippen LogP contribution in [-0.4, -0.2) is 13.1 Å². The van der Waals surface area contributed by atoms with Crippen molar-refractivity contribution in [1.82, 2.24) is 0 Å². The fourth-order valence-electron chi connectivity index (χ4n) is 1.36. The number of benzene rings is 1. The summed E-state index contributed by atoms with van der Waals surface area (Å²) in [7, 11) is 1.57. The Morgan fingerprint density at radius 3 is 2.78 bits per heavy atom. The Bertz CT molecular complexity index is 554. The Labute approximate surface area is 112 Å². The van der Waals surface area contributed by atoms with E-state index >= 15 is 0 Å². The van der Waals surface area contributed by atoms with Crippen LogP contribution in [-0.2, 0) is 0 Å². The molecule has 0 atom stereocenters. The normalized spacial score (nSPS) is 9.89. The van der Waals surface area contributed by atoms with Crippen molar-refractivity contribution in [2.45, 2.75) is 0 Å². The number of carbonyl (C=O) groups excluding carboxylic acids is 1. The highest BCUT2D eigenvalue weighted by molar-refractivity contribution is 9.10. The molecule has 0 bridgehead atoms. The van der Waals surface area contributed by atoms with Crippen molar-refractivity contribution in [2.24, 2.45) is 0 Å². The summed E-state index contributed by atoms with van der Waals surface area (Å²) in [4.78, 5) is 11.7. The Kier molecular flexibility index (Phi) is 3.88. The molecule has 2 amide bonds. The van der Waals surface area contributed by atoms with Crippen LogP contribution >= 0.6 is 15.9 Å². The van der Waals surface area contributed by atoms with Gasteiger partial charge in [-0.3, -0.25) is 5.32 Å². The van der Waals surface area contributed by atoms with Crippen LogP contribution in [0.25, 0.3) is 0 Å². The Morgan fingerprint density at radius 1 is 1.28 bits per heavy atom. The minimum absolute atomic E-state index is 0.363. The summed E-state index contributed by atoms with van der Waals surface area (Å²) in [6.45, 7) is 0. The van der Waals surface area contributed by atoms with E-state index in [1.54, 1.807) is 43.5 Å². The minimum atomic E-state index is -0.384. The third-order valence-electron chi connectivity index (χ3n) is 2.14. The molecular formula is C12H11BrN2O3. The zero-order valence-corrected chi connectivity index (χ0v) is 11.2. The van der Waals surface area contributed by atoms with Gasteiger partial charge >= 0.3 is 6.03 Å². The van der Waals surface area contributed by atoms with Crippen molar-refractivity contribution in [3.63, 3.8) is 0 Å². The molecule has 5 nitrogen and oxygen atoms in total. The Hall–Kier alpha value is -1.95. The van der Waals surface area contributed by atoms with E-state index in [2.05, 4.69) is 26.6 Å². The van der Waals surface area contributed by atoms with Crippen molar-refractivity contribution in [1.29, 1.82) is 0 Å². The second-order valence-corrected chi connectivity index (χ2v) is 4.20. The second kappa shape index (κ2) is 5.59. The van der Waals surface area contributed by atoms with Gasteiger partial charge in [0, 0.05) is 17.8 Å². The summed E-state index contributed by atoms with van der Waals surface area (Å²) in [5, 5.41) is 5.23. The molecule has 2 aromatic rings. The standard InChI is InChI=1S/C12H11BrN2O3/c1-17-9-4-2-3-8(7-9)14-12(16)15-11-6-5-10(13)18-11/h2-7H,1H3,(H2,14,15,16). The van der Waals surface area contributed by atoms with Gasteiger partial charge in [0.2, 0.25) is 5.88 Å². The lowest BCUT2D eigenvalue weighted by atomic mass is 10.3. The SMILES string of the molecule is COc1cccc(NC(=O)Nc2ccc(Br)o2)c1. The number of rotatable bonds is 3. The molecule has 2 N–H and O–H groups in total. The molecule has 0 saturated heterocycles. The van der Waals surface area contributed by atoms with Gasteiger partial charge in [-0.2, -0.15) is 0 Å². The predicted octanol–water partition coefficient (Wildman–Crippen LogP) is 3.69. The van der Waals surface area contributed by atoms with Crippen LogP contribution in [0.4, 0.5) is 16.4 Å². The van der Waals surface area contributed by atoms with Crippen LogP contribution in [0.5, 0.6) is 5.75 Å². The number of anilines is 2. The maximum absolute atomic E-state index is 11.7. The molecule has 0 saturated carbocycles. The molecule has 0 fully saturated rings. The van der Waals surface area contributed by atoms with Crippen molar-refractivity contribution in [2.75, 3.05) is 17.7 Å². The minimum Gasteiger partial charge on any atom is -0.497 e. The maximum Gasteiger partial charge on any atom is 0.326 e. The third kappa shape index (κ3) is 3.27. The zero-order valence-electron chi connectivity index (χ0n) is 9.57. The molecule has 1 heterocycles. The first-order valence-electron chi connectivity index (χ1n) is 5.15. The van der Waals surface area contributed by atoms with Gasteiger partial charge in [0.1, 0.15) is 5.75 Å². The van der Waals surface area contributed by atoms with Crippen LogP contribution in [0, 0.1) is 0 Å². The van der Waals surface area contributed by atoms with Gasteiger partial charge in [0.05, 0.1) is 7.11 Å². The lowest BCUT2D eigenvalue weighted by molar-refractivity contribution is 0.261. The van der Waals surface area contributed by atoms with E-state index in [1.807, 2.05) is 0 Å². The summed E-state index contributed by atoms with van der Waals surface area (Å²) in [5.74, 6) is 1.04. The number of halogens is 1. The number of amides is 2. The molecular weight excluding hydrogens is 300 g/mol. The van der Waals surface area contributed by atoms with E-state index in [9.17, 15) is 4.79 Å². The molecule has 1 aromatic heterocycles. The van der Waals surface area contributed by atoms with Crippen LogP contribution < -0.4 is 15.4 Å². The predicted molar refractivity (Wildman–Crippen MR) is 72.0 cm³/mol. The summed E-state index contributed by atoms with van der Waals surface area (Å²) in [5.41, 5.74) is 0.637. The number of nitrogens with one attached hydrogen (secondary N) is 2. The van der Waals surface area contributed by atoms with E-state index in [0.717, 1.165) is 0 Å². The monoisotopic (exact) mass is 310 g/mol. The highest BCUT2D eigenvalue weighted by atomic mass is 79.9. The lowest BCUT2D eigenvalue weighted by Crippen LogP contribution is -2.18. The molecule has 0 aliphatic heterocycles. The van der Waals surface area contributed by atoms with E-state index in [1.165, 1.54) is 0 Å². The number of furan rings is 1. The molecule has 0 radical (unpaired) electrons. The van der Waals surface area contributed by atoms with Gasteiger partial charge in [-0.25, -0.2) is 4.79 Å². The molecule has 0 unspecified atom stereocenters. The number of hydrogen-bond acceptors (Lipinski definition) is 3. The molecule has 1 aromatic carbocycles. The quantitative estimate of drug-likeness (QED) is 0.908. The largest absolute Gasteiger partial charge is 0.497 e. The van der Waals surface area contributed by atoms with Crippen LogP contribution in [0.2, 0.25) is 0 Å². The topological polar surface area (TPSA) is 63.5 Å². The van der Waals surface area contributed by atoms with Crippen LogP contribution in [0.1, 0.15) is 0 Å².